The van der Waals surface area contributed by atoms with Gasteiger partial charge in [0.1, 0.15) is 19.0 Å². The summed E-state index contributed by atoms with van der Waals surface area (Å²) >= 11 is 0. The zero-order valence-corrected chi connectivity index (χ0v) is 16.0. The number of hydrogen-bond acceptors (Lipinski definition) is 6. The van der Waals surface area contributed by atoms with Gasteiger partial charge in [0, 0.05) is 17.4 Å². The topological polar surface area (TPSA) is 91.7 Å². The first-order valence-electron chi connectivity index (χ1n) is 9.21. The SMILES string of the molecule is C[C@H](OC(=O)c1cncn1-c1ccc(F)cc1)C(=O)Nc1ccc2c(c1)OCCO2. The van der Waals surface area contributed by atoms with Crippen LogP contribution in [-0.4, -0.2) is 40.7 Å². The fourth-order valence-corrected chi connectivity index (χ4v) is 2.89. The highest BCUT2D eigenvalue weighted by Crippen LogP contribution is 2.32. The van der Waals surface area contributed by atoms with Crippen molar-refractivity contribution >= 4 is 17.6 Å². The van der Waals surface area contributed by atoms with Crippen molar-refractivity contribution in [1.29, 1.82) is 0 Å². The molecule has 1 aliphatic heterocycles. The number of ether oxygens (including phenoxy) is 3. The average Bonchev–Trinajstić information content (AvgIpc) is 3.24. The minimum atomic E-state index is -1.07. The number of anilines is 1. The van der Waals surface area contributed by atoms with Gasteiger partial charge in [-0.2, -0.15) is 0 Å². The Labute approximate surface area is 171 Å². The number of carbonyl (C=O) groups is 2. The molecule has 1 aliphatic rings. The van der Waals surface area contributed by atoms with Gasteiger partial charge in [-0.05, 0) is 43.3 Å². The molecular formula is C21H18FN3O5. The Balaban J connectivity index is 1.42. The van der Waals surface area contributed by atoms with E-state index < -0.39 is 23.8 Å². The molecule has 0 unspecified atom stereocenters. The van der Waals surface area contributed by atoms with E-state index in [0.29, 0.717) is 36.1 Å². The van der Waals surface area contributed by atoms with Crippen molar-refractivity contribution in [2.45, 2.75) is 13.0 Å². The van der Waals surface area contributed by atoms with E-state index in [9.17, 15) is 14.0 Å². The van der Waals surface area contributed by atoms with Crippen molar-refractivity contribution in [3.63, 3.8) is 0 Å². The number of nitrogens with one attached hydrogen (secondary N) is 1. The Morgan fingerprint density at radius 2 is 1.87 bits per heavy atom. The van der Waals surface area contributed by atoms with Crippen LogP contribution in [0.25, 0.3) is 5.69 Å². The summed E-state index contributed by atoms with van der Waals surface area (Å²) in [6.45, 7) is 2.37. The summed E-state index contributed by atoms with van der Waals surface area (Å²) in [6, 6.07) is 10.6. The van der Waals surface area contributed by atoms with Crippen molar-refractivity contribution in [1.82, 2.24) is 9.55 Å². The van der Waals surface area contributed by atoms with Crippen LogP contribution in [0.15, 0.2) is 55.0 Å². The molecule has 4 rings (SSSR count). The molecule has 0 spiro atoms. The first kappa shape index (κ1) is 19.4. The smallest absolute Gasteiger partial charge is 0.357 e. The van der Waals surface area contributed by atoms with Crippen LogP contribution in [-0.2, 0) is 9.53 Å². The van der Waals surface area contributed by atoms with Crippen LogP contribution in [0.1, 0.15) is 17.4 Å². The monoisotopic (exact) mass is 411 g/mol. The molecule has 0 saturated carbocycles. The second kappa shape index (κ2) is 8.24. The van der Waals surface area contributed by atoms with E-state index >= 15 is 0 Å². The van der Waals surface area contributed by atoms with Crippen molar-refractivity contribution < 1.29 is 28.2 Å². The van der Waals surface area contributed by atoms with Crippen molar-refractivity contribution in [3.8, 4) is 17.2 Å². The lowest BCUT2D eigenvalue weighted by Gasteiger charge is -2.19. The molecule has 2 heterocycles. The standard InChI is InChI=1S/C21H18FN3O5/c1-13(20(26)24-15-4-7-18-19(10-15)29-9-8-28-18)30-21(27)17-11-23-12-25(17)16-5-2-14(22)3-6-16/h2-7,10-13H,8-9H2,1H3,(H,24,26)/t13-/m0/s1. The molecule has 9 heteroatoms. The largest absolute Gasteiger partial charge is 0.486 e. The van der Waals surface area contributed by atoms with Gasteiger partial charge in [-0.15, -0.1) is 0 Å². The number of hydrogen-bond donors (Lipinski definition) is 1. The number of nitrogens with zero attached hydrogens (tertiary/aromatic N) is 2. The van der Waals surface area contributed by atoms with Crippen LogP contribution in [0.5, 0.6) is 11.5 Å². The summed E-state index contributed by atoms with van der Waals surface area (Å²) in [5.41, 5.74) is 1.14. The molecule has 0 bridgehead atoms. The summed E-state index contributed by atoms with van der Waals surface area (Å²) in [7, 11) is 0. The van der Waals surface area contributed by atoms with E-state index in [1.165, 1.54) is 48.3 Å². The van der Waals surface area contributed by atoms with Gasteiger partial charge in [0.25, 0.3) is 5.91 Å². The number of halogens is 1. The molecule has 0 fully saturated rings. The molecule has 0 aliphatic carbocycles. The molecule has 2 aromatic carbocycles. The molecule has 1 atom stereocenters. The van der Waals surface area contributed by atoms with Gasteiger partial charge < -0.3 is 19.5 Å². The zero-order chi connectivity index (χ0) is 21.1. The molecule has 0 saturated heterocycles. The van der Waals surface area contributed by atoms with Crippen LogP contribution in [0.3, 0.4) is 0 Å². The Kier molecular flexibility index (Phi) is 5.34. The second-order valence-electron chi connectivity index (χ2n) is 6.52. The number of fused-ring (bicyclic) bond motifs is 1. The van der Waals surface area contributed by atoms with E-state index in [0.717, 1.165) is 0 Å². The van der Waals surface area contributed by atoms with Gasteiger partial charge in [-0.1, -0.05) is 0 Å². The number of amides is 1. The van der Waals surface area contributed by atoms with Crippen LogP contribution in [0, 0.1) is 5.82 Å². The quantitative estimate of drug-likeness (QED) is 0.649. The maximum absolute atomic E-state index is 13.1. The van der Waals surface area contributed by atoms with Crippen molar-refractivity contribution in [3.05, 3.63) is 66.5 Å². The van der Waals surface area contributed by atoms with Crippen LogP contribution in [0.4, 0.5) is 10.1 Å². The van der Waals surface area contributed by atoms with Gasteiger partial charge in [0.2, 0.25) is 0 Å². The van der Waals surface area contributed by atoms with Crippen molar-refractivity contribution in [2.24, 2.45) is 0 Å². The third kappa shape index (κ3) is 4.09. The van der Waals surface area contributed by atoms with Gasteiger partial charge in [-0.25, -0.2) is 14.2 Å². The highest BCUT2D eigenvalue weighted by molar-refractivity contribution is 5.97. The number of carbonyl (C=O) groups excluding carboxylic acids is 2. The zero-order valence-electron chi connectivity index (χ0n) is 16.0. The van der Waals surface area contributed by atoms with E-state index in [2.05, 4.69) is 10.3 Å². The van der Waals surface area contributed by atoms with E-state index in [1.54, 1.807) is 18.2 Å². The van der Waals surface area contributed by atoms with Gasteiger partial charge in [-0.3, -0.25) is 9.36 Å². The number of benzene rings is 2. The number of aromatic nitrogens is 2. The lowest BCUT2D eigenvalue weighted by Crippen LogP contribution is -2.30. The maximum Gasteiger partial charge on any atom is 0.357 e. The third-order valence-corrected chi connectivity index (χ3v) is 4.42. The minimum absolute atomic E-state index is 0.112. The normalized spacial score (nSPS) is 13.4. The first-order valence-corrected chi connectivity index (χ1v) is 9.21. The molecule has 1 aromatic heterocycles. The van der Waals surface area contributed by atoms with Crippen LogP contribution in [0.2, 0.25) is 0 Å². The highest BCUT2D eigenvalue weighted by atomic mass is 19.1. The number of imidazole rings is 1. The maximum atomic E-state index is 13.1. The summed E-state index contributed by atoms with van der Waals surface area (Å²) < 4.78 is 30.8. The Bertz CT molecular complexity index is 1080. The average molecular weight is 411 g/mol. The molecule has 3 aromatic rings. The molecule has 1 amide bonds. The summed E-state index contributed by atoms with van der Waals surface area (Å²) in [5, 5.41) is 2.68. The predicted molar refractivity (Wildman–Crippen MR) is 104 cm³/mol. The Hall–Kier alpha value is -3.88. The Morgan fingerprint density at radius 3 is 2.63 bits per heavy atom. The lowest BCUT2D eigenvalue weighted by molar-refractivity contribution is -0.123. The van der Waals surface area contributed by atoms with E-state index in [-0.39, 0.29) is 5.69 Å². The highest BCUT2D eigenvalue weighted by Gasteiger charge is 2.22. The summed E-state index contributed by atoms with van der Waals surface area (Å²) in [4.78, 5) is 29.0. The summed E-state index contributed by atoms with van der Waals surface area (Å²) in [6.07, 6.45) is 1.66. The second-order valence-corrected chi connectivity index (χ2v) is 6.52. The van der Waals surface area contributed by atoms with Crippen LogP contribution >= 0.6 is 0 Å². The molecule has 30 heavy (non-hydrogen) atoms. The third-order valence-electron chi connectivity index (χ3n) is 4.42. The Morgan fingerprint density at radius 1 is 1.13 bits per heavy atom. The van der Waals surface area contributed by atoms with Gasteiger partial charge in [0.15, 0.2) is 23.3 Å². The molecule has 1 N–H and O–H groups in total. The van der Waals surface area contributed by atoms with Crippen molar-refractivity contribution in [2.75, 3.05) is 18.5 Å². The fraction of sp³-hybridized carbons (Fsp3) is 0.190. The first-order chi connectivity index (χ1) is 14.5. The van der Waals surface area contributed by atoms with Crippen LogP contribution < -0.4 is 14.8 Å². The lowest BCUT2D eigenvalue weighted by atomic mass is 10.2. The molecule has 154 valence electrons. The van der Waals surface area contributed by atoms with E-state index in [4.69, 9.17) is 14.2 Å². The predicted octanol–water partition coefficient (Wildman–Crippen LogP) is 2.97. The van der Waals surface area contributed by atoms with Gasteiger partial charge >= 0.3 is 5.97 Å². The molecule has 0 radical (unpaired) electrons. The fourth-order valence-electron chi connectivity index (χ4n) is 2.89. The number of rotatable bonds is 5. The molecular weight excluding hydrogens is 393 g/mol. The number of esters is 1. The summed E-state index contributed by atoms with van der Waals surface area (Å²) in [5.74, 6) is -0.498. The van der Waals surface area contributed by atoms with E-state index in [1.807, 2.05) is 0 Å². The minimum Gasteiger partial charge on any atom is -0.486 e. The van der Waals surface area contributed by atoms with Gasteiger partial charge in [0.05, 0.1) is 12.5 Å². The molecule has 8 nitrogen and oxygen atoms in total.